The predicted molar refractivity (Wildman–Crippen MR) is 80.8 cm³/mol. The van der Waals surface area contributed by atoms with Crippen molar-refractivity contribution in [1.82, 2.24) is 4.98 Å². The van der Waals surface area contributed by atoms with E-state index < -0.39 is 28.6 Å². The Balaban J connectivity index is 2.34. The number of hydrogen-bond acceptors (Lipinski definition) is 7. The molecule has 1 aromatic rings. The molecule has 2 saturated heterocycles. The molecule has 0 unspecified atom stereocenters. The van der Waals surface area contributed by atoms with Crippen LogP contribution in [0.4, 0.5) is 0 Å². The highest BCUT2D eigenvalue weighted by Gasteiger charge is 2.79. The Bertz CT molecular complexity index is 804. The minimum atomic E-state index is -1.93. The number of aromatic nitrogens is 1. The van der Waals surface area contributed by atoms with E-state index in [9.17, 15) is 15.8 Å². The number of ether oxygens (including phenoxy) is 2. The molecule has 120 valence electrons. The summed E-state index contributed by atoms with van der Waals surface area (Å²) in [4.78, 5) is 4.21. The van der Waals surface area contributed by atoms with Gasteiger partial charge in [-0.1, -0.05) is 19.9 Å². The summed E-state index contributed by atoms with van der Waals surface area (Å²) in [5.41, 5.74) is -3.28. The van der Waals surface area contributed by atoms with Crippen LogP contribution in [0.3, 0.4) is 0 Å². The standard InChI is InChI=1S/C17H15N5O2/c1-3-17-11(2)16(10-20,14(21)24-17)15(8-18,9-19)13(23-17)12-6-4-5-7-22-12/h4-7,11,13,21H,3H2,1-2H3/t11-,13-,16-,17-/m1/s1. The molecule has 3 heterocycles. The molecule has 1 N–H and O–H groups in total. The molecule has 0 saturated carbocycles. The summed E-state index contributed by atoms with van der Waals surface area (Å²) in [6, 6.07) is 11.1. The van der Waals surface area contributed by atoms with Crippen LogP contribution in [0, 0.1) is 56.2 Å². The second-order valence-electron chi connectivity index (χ2n) is 6.02. The van der Waals surface area contributed by atoms with E-state index in [0.717, 1.165) is 0 Å². The van der Waals surface area contributed by atoms with Gasteiger partial charge >= 0.3 is 0 Å². The smallest absolute Gasteiger partial charge is 0.217 e. The number of hydrogen-bond donors (Lipinski definition) is 1. The van der Waals surface area contributed by atoms with Crippen LogP contribution in [0.25, 0.3) is 0 Å². The Kier molecular flexibility index (Phi) is 3.34. The predicted octanol–water partition coefficient (Wildman–Crippen LogP) is 2.45. The molecule has 0 amide bonds. The van der Waals surface area contributed by atoms with Crippen molar-refractivity contribution in [3.63, 3.8) is 0 Å². The van der Waals surface area contributed by atoms with E-state index in [-0.39, 0.29) is 5.90 Å². The zero-order valence-corrected chi connectivity index (χ0v) is 13.3. The van der Waals surface area contributed by atoms with Gasteiger partial charge in [-0.2, -0.15) is 15.8 Å². The first-order valence-electron chi connectivity index (χ1n) is 7.58. The van der Waals surface area contributed by atoms with Crippen molar-refractivity contribution in [1.29, 1.82) is 21.2 Å². The highest BCUT2D eigenvalue weighted by Crippen LogP contribution is 2.66. The Labute approximate surface area is 139 Å². The van der Waals surface area contributed by atoms with Crippen LogP contribution in [0.15, 0.2) is 24.4 Å². The van der Waals surface area contributed by atoms with Crippen LogP contribution in [-0.4, -0.2) is 16.7 Å². The van der Waals surface area contributed by atoms with E-state index >= 15 is 0 Å². The third kappa shape index (κ3) is 1.51. The van der Waals surface area contributed by atoms with E-state index in [2.05, 4.69) is 11.1 Å². The molecule has 4 atom stereocenters. The molecule has 0 spiro atoms. The molecule has 2 aliphatic rings. The zero-order valence-electron chi connectivity index (χ0n) is 13.3. The molecule has 0 aromatic carbocycles. The van der Waals surface area contributed by atoms with Crippen molar-refractivity contribution in [3.8, 4) is 18.2 Å². The van der Waals surface area contributed by atoms with Gasteiger partial charge in [0.05, 0.1) is 29.8 Å². The maximum Gasteiger partial charge on any atom is 0.217 e. The molecule has 24 heavy (non-hydrogen) atoms. The zero-order chi connectivity index (χ0) is 17.6. The summed E-state index contributed by atoms with van der Waals surface area (Å²) in [5, 5.41) is 38.0. The Morgan fingerprint density at radius 1 is 1.25 bits per heavy atom. The first kappa shape index (κ1) is 15.9. The van der Waals surface area contributed by atoms with Gasteiger partial charge in [0.2, 0.25) is 17.1 Å². The van der Waals surface area contributed by atoms with Crippen molar-refractivity contribution in [3.05, 3.63) is 30.1 Å². The molecule has 7 nitrogen and oxygen atoms in total. The van der Waals surface area contributed by atoms with Gasteiger partial charge in [0.1, 0.15) is 6.10 Å². The van der Waals surface area contributed by atoms with Gasteiger partial charge < -0.3 is 9.47 Å². The first-order valence-corrected chi connectivity index (χ1v) is 7.58. The van der Waals surface area contributed by atoms with Crippen LogP contribution < -0.4 is 0 Å². The lowest BCUT2D eigenvalue weighted by atomic mass is 9.54. The van der Waals surface area contributed by atoms with Crippen LogP contribution in [-0.2, 0) is 9.47 Å². The molecule has 2 aliphatic heterocycles. The first-order chi connectivity index (χ1) is 11.5. The number of nitrogens with zero attached hydrogens (tertiary/aromatic N) is 4. The highest BCUT2D eigenvalue weighted by atomic mass is 16.7. The van der Waals surface area contributed by atoms with Crippen LogP contribution in [0.5, 0.6) is 0 Å². The molecule has 2 bridgehead atoms. The number of fused-ring (bicyclic) bond motifs is 2. The van der Waals surface area contributed by atoms with Gasteiger partial charge in [-0.25, -0.2) is 0 Å². The van der Waals surface area contributed by atoms with Crippen LogP contribution >= 0.6 is 0 Å². The van der Waals surface area contributed by atoms with Crippen molar-refractivity contribution in [2.24, 2.45) is 16.7 Å². The molecule has 1 aromatic heterocycles. The second-order valence-corrected chi connectivity index (χ2v) is 6.02. The summed E-state index contributed by atoms with van der Waals surface area (Å²) in [6.07, 6.45) is 0.811. The Hall–Kier alpha value is -2.95. The maximum absolute atomic E-state index is 9.93. The fourth-order valence-electron chi connectivity index (χ4n) is 3.84. The van der Waals surface area contributed by atoms with Gasteiger partial charge in [-0.05, 0) is 12.1 Å². The third-order valence-corrected chi connectivity index (χ3v) is 5.25. The molecule has 7 heteroatoms. The van der Waals surface area contributed by atoms with Crippen molar-refractivity contribution in [2.45, 2.75) is 32.2 Å². The molecular weight excluding hydrogens is 306 g/mol. The summed E-state index contributed by atoms with van der Waals surface area (Å²) in [5.74, 6) is -2.26. The average Bonchev–Trinajstić information content (AvgIpc) is 2.78. The quantitative estimate of drug-likeness (QED) is 0.891. The van der Waals surface area contributed by atoms with Gasteiger partial charge in [0.15, 0.2) is 5.41 Å². The van der Waals surface area contributed by atoms with E-state index in [4.69, 9.17) is 14.9 Å². The lowest BCUT2D eigenvalue weighted by Crippen LogP contribution is -2.58. The monoisotopic (exact) mass is 321 g/mol. The number of pyridine rings is 1. The fraction of sp³-hybridized carbons (Fsp3) is 0.471. The molecule has 3 rings (SSSR count). The maximum atomic E-state index is 9.93. The van der Waals surface area contributed by atoms with E-state index in [0.29, 0.717) is 12.1 Å². The van der Waals surface area contributed by atoms with Crippen molar-refractivity contribution in [2.75, 3.05) is 0 Å². The summed E-state index contributed by atoms with van der Waals surface area (Å²) < 4.78 is 11.7. The lowest BCUT2D eigenvalue weighted by Gasteiger charge is -2.48. The fourth-order valence-corrected chi connectivity index (χ4v) is 3.84. The Morgan fingerprint density at radius 2 is 1.96 bits per heavy atom. The third-order valence-electron chi connectivity index (χ3n) is 5.25. The van der Waals surface area contributed by atoms with Gasteiger partial charge in [0, 0.05) is 12.6 Å². The number of nitriles is 3. The second kappa shape index (κ2) is 5.03. The lowest BCUT2D eigenvalue weighted by molar-refractivity contribution is -0.281. The number of nitrogens with one attached hydrogen (secondary N) is 1. The summed E-state index contributed by atoms with van der Waals surface area (Å²) in [7, 11) is 0. The topological polar surface area (TPSA) is 127 Å². The highest BCUT2D eigenvalue weighted by molar-refractivity contribution is 5.89. The van der Waals surface area contributed by atoms with Gasteiger partial charge in [0.25, 0.3) is 0 Å². The summed E-state index contributed by atoms with van der Waals surface area (Å²) >= 11 is 0. The average molecular weight is 321 g/mol. The number of rotatable bonds is 2. The molecule has 0 radical (unpaired) electrons. The van der Waals surface area contributed by atoms with Crippen LogP contribution in [0.2, 0.25) is 0 Å². The van der Waals surface area contributed by atoms with E-state index in [1.165, 1.54) is 6.20 Å². The summed E-state index contributed by atoms with van der Waals surface area (Å²) in [6.45, 7) is 3.50. The SMILES string of the molecule is CC[C@@]12OC(=N)[C@@](C#N)([C@H]1C)C(C#N)(C#N)[C@@H](c1ccccn1)O2. The van der Waals surface area contributed by atoms with E-state index in [1.807, 2.05) is 19.1 Å². The molecule has 0 aliphatic carbocycles. The van der Waals surface area contributed by atoms with Crippen molar-refractivity contribution >= 4 is 5.90 Å². The van der Waals surface area contributed by atoms with Gasteiger partial charge in [-0.3, -0.25) is 10.4 Å². The normalized spacial score (nSPS) is 36.0. The van der Waals surface area contributed by atoms with Crippen LogP contribution in [0.1, 0.15) is 32.1 Å². The van der Waals surface area contributed by atoms with Gasteiger partial charge in [-0.15, -0.1) is 0 Å². The molecular formula is C17H15N5O2. The largest absolute Gasteiger partial charge is 0.447 e. The van der Waals surface area contributed by atoms with Crippen molar-refractivity contribution < 1.29 is 9.47 Å². The van der Waals surface area contributed by atoms with E-state index in [1.54, 1.807) is 25.1 Å². The minimum absolute atomic E-state index is 0.364. The molecule has 2 fully saturated rings. The minimum Gasteiger partial charge on any atom is -0.447 e. The Morgan fingerprint density at radius 3 is 2.46 bits per heavy atom.